The molecule has 5 rings (SSSR count). The summed E-state index contributed by atoms with van der Waals surface area (Å²) in [5.41, 5.74) is 0.836. The van der Waals surface area contributed by atoms with Crippen LogP contribution in [0.4, 0.5) is 0 Å². The molecule has 0 amide bonds. The van der Waals surface area contributed by atoms with Gasteiger partial charge in [-0.1, -0.05) is 13.8 Å². The lowest BCUT2D eigenvalue weighted by Gasteiger charge is -2.57. The Balaban J connectivity index is 1.35. The monoisotopic (exact) mass is 412 g/mol. The lowest BCUT2D eigenvalue weighted by molar-refractivity contribution is -0.133. The standard InChI is InChI=1S/C26H40N2O2/c1-16-13-27-28(14-16)15-23(29)22-11-17(2)24-21-6-5-18-12-25(3,30)9-7-19(18)20(21)8-10-26(22,24)4/h13-14,17-22,24,30H,5-12,15H2,1-4H3/t17-,18-,19+,20-,21-,22-,24+,25-,26-/m1/s1. The van der Waals surface area contributed by atoms with Gasteiger partial charge in [0.05, 0.1) is 18.3 Å². The van der Waals surface area contributed by atoms with Gasteiger partial charge in [-0.3, -0.25) is 9.48 Å². The van der Waals surface area contributed by atoms with E-state index in [1.54, 1.807) is 0 Å². The van der Waals surface area contributed by atoms with Crippen molar-refractivity contribution in [3.63, 3.8) is 0 Å². The predicted molar refractivity (Wildman–Crippen MR) is 118 cm³/mol. The molecule has 4 nitrogen and oxygen atoms in total. The molecule has 4 aliphatic rings. The number of nitrogens with zero attached hydrogens (tertiary/aromatic N) is 2. The molecular formula is C26H40N2O2. The van der Waals surface area contributed by atoms with Crippen molar-refractivity contribution in [1.82, 2.24) is 9.78 Å². The van der Waals surface area contributed by atoms with Crippen LogP contribution in [0.15, 0.2) is 12.4 Å². The molecule has 4 aliphatic carbocycles. The molecule has 1 aromatic heterocycles. The van der Waals surface area contributed by atoms with Gasteiger partial charge in [0.15, 0.2) is 5.78 Å². The number of aryl methyl sites for hydroxylation is 1. The van der Waals surface area contributed by atoms with Gasteiger partial charge in [0, 0.05) is 12.1 Å². The van der Waals surface area contributed by atoms with Gasteiger partial charge in [-0.25, -0.2) is 0 Å². The third kappa shape index (κ3) is 3.29. The molecule has 0 unspecified atom stereocenters. The summed E-state index contributed by atoms with van der Waals surface area (Å²) in [4.78, 5) is 13.4. The van der Waals surface area contributed by atoms with Crippen LogP contribution in [-0.2, 0) is 11.3 Å². The fourth-order valence-corrected chi connectivity index (χ4v) is 8.95. The maximum atomic E-state index is 13.4. The summed E-state index contributed by atoms with van der Waals surface area (Å²) in [7, 11) is 0. The van der Waals surface area contributed by atoms with E-state index in [9.17, 15) is 9.90 Å². The van der Waals surface area contributed by atoms with Crippen molar-refractivity contribution < 1.29 is 9.90 Å². The number of hydrogen-bond donors (Lipinski definition) is 1. The number of rotatable bonds is 3. The Labute approximate surface area is 181 Å². The summed E-state index contributed by atoms with van der Waals surface area (Å²) in [6, 6.07) is 0. The van der Waals surface area contributed by atoms with E-state index in [1.807, 2.05) is 30.9 Å². The highest BCUT2D eigenvalue weighted by Crippen LogP contribution is 2.66. The van der Waals surface area contributed by atoms with Gasteiger partial charge >= 0.3 is 0 Å². The van der Waals surface area contributed by atoms with Crippen molar-refractivity contribution in [3.05, 3.63) is 18.0 Å². The Morgan fingerprint density at radius 1 is 1.17 bits per heavy atom. The number of carbonyl (C=O) groups excluding carboxylic acids is 1. The quantitative estimate of drug-likeness (QED) is 0.758. The second-order valence-electron chi connectivity index (χ2n) is 12.1. The van der Waals surface area contributed by atoms with Gasteiger partial charge in [-0.15, -0.1) is 0 Å². The van der Waals surface area contributed by atoms with Gasteiger partial charge in [-0.05, 0) is 112 Å². The molecule has 1 N–H and O–H groups in total. The van der Waals surface area contributed by atoms with Crippen molar-refractivity contribution in [2.45, 2.75) is 91.2 Å². The maximum absolute atomic E-state index is 13.4. The molecule has 0 bridgehead atoms. The fourth-order valence-electron chi connectivity index (χ4n) is 8.95. The topological polar surface area (TPSA) is 55.1 Å². The summed E-state index contributed by atoms with van der Waals surface area (Å²) < 4.78 is 1.84. The number of carbonyl (C=O) groups is 1. The van der Waals surface area contributed by atoms with Crippen LogP contribution >= 0.6 is 0 Å². The zero-order chi connectivity index (χ0) is 21.3. The first-order valence-electron chi connectivity index (χ1n) is 12.4. The Kier molecular flexibility index (Phi) is 4.96. The average Bonchev–Trinajstić information content (AvgIpc) is 3.20. The normalized spacial score (nSPS) is 48.0. The molecule has 1 heterocycles. The van der Waals surface area contributed by atoms with Crippen LogP contribution in [0.5, 0.6) is 0 Å². The van der Waals surface area contributed by atoms with Crippen molar-refractivity contribution >= 4 is 5.78 Å². The summed E-state index contributed by atoms with van der Waals surface area (Å²) in [6.45, 7) is 9.39. The largest absolute Gasteiger partial charge is 0.390 e. The van der Waals surface area contributed by atoms with Crippen molar-refractivity contribution in [1.29, 1.82) is 0 Å². The molecule has 30 heavy (non-hydrogen) atoms. The van der Waals surface area contributed by atoms with E-state index in [-0.39, 0.29) is 11.3 Å². The van der Waals surface area contributed by atoms with E-state index in [1.165, 1.54) is 32.1 Å². The number of aliphatic hydroxyl groups is 1. The van der Waals surface area contributed by atoms with E-state index in [2.05, 4.69) is 18.9 Å². The molecule has 4 saturated carbocycles. The average molecular weight is 413 g/mol. The fraction of sp³-hybridized carbons (Fsp3) is 0.846. The van der Waals surface area contributed by atoms with Crippen LogP contribution in [0.3, 0.4) is 0 Å². The molecule has 0 aromatic carbocycles. The third-order valence-electron chi connectivity index (χ3n) is 10.0. The number of aromatic nitrogens is 2. The molecule has 0 radical (unpaired) electrons. The van der Waals surface area contributed by atoms with Gasteiger partial charge < -0.3 is 5.11 Å². The van der Waals surface area contributed by atoms with Crippen LogP contribution in [0, 0.1) is 53.8 Å². The van der Waals surface area contributed by atoms with E-state index >= 15 is 0 Å². The first-order valence-corrected chi connectivity index (χ1v) is 12.4. The minimum Gasteiger partial charge on any atom is -0.390 e. The van der Waals surface area contributed by atoms with Crippen LogP contribution in [0.25, 0.3) is 0 Å². The molecule has 0 saturated heterocycles. The van der Waals surface area contributed by atoms with Gasteiger partial charge in [0.25, 0.3) is 0 Å². The number of hydrogen-bond acceptors (Lipinski definition) is 3. The second-order valence-corrected chi connectivity index (χ2v) is 12.1. The Morgan fingerprint density at radius 2 is 1.93 bits per heavy atom. The number of fused-ring (bicyclic) bond motifs is 5. The lowest BCUT2D eigenvalue weighted by atomic mass is 9.48. The molecule has 0 spiro atoms. The Bertz CT molecular complexity index is 814. The molecule has 9 atom stereocenters. The van der Waals surface area contributed by atoms with E-state index < -0.39 is 5.60 Å². The number of Topliss-reactive ketones (excluding diaryl/α,β-unsaturated/α-hetero) is 1. The number of ketones is 1. The highest BCUT2D eigenvalue weighted by Gasteiger charge is 2.60. The maximum Gasteiger partial charge on any atom is 0.157 e. The predicted octanol–water partition coefficient (Wildman–Crippen LogP) is 5.03. The lowest BCUT2D eigenvalue weighted by Crippen LogP contribution is -2.51. The first-order chi connectivity index (χ1) is 14.2. The zero-order valence-corrected chi connectivity index (χ0v) is 19.3. The molecule has 166 valence electrons. The minimum absolute atomic E-state index is 0.160. The zero-order valence-electron chi connectivity index (χ0n) is 19.3. The highest BCUT2D eigenvalue weighted by atomic mass is 16.3. The molecule has 1 aromatic rings. The molecular weight excluding hydrogens is 372 g/mol. The van der Waals surface area contributed by atoms with Crippen LogP contribution in [0.1, 0.15) is 77.7 Å². The van der Waals surface area contributed by atoms with Gasteiger partial charge in [-0.2, -0.15) is 5.10 Å². The van der Waals surface area contributed by atoms with Crippen LogP contribution < -0.4 is 0 Å². The van der Waals surface area contributed by atoms with Gasteiger partial charge in [0.2, 0.25) is 0 Å². The Morgan fingerprint density at radius 3 is 2.67 bits per heavy atom. The molecule has 4 fully saturated rings. The third-order valence-corrected chi connectivity index (χ3v) is 10.0. The van der Waals surface area contributed by atoms with Crippen molar-refractivity contribution in [2.75, 3.05) is 0 Å². The van der Waals surface area contributed by atoms with Crippen molar-refractivity contribution in [3.8, 4) is 0 Å². The summed E-state index contributed by atoms with van der Waals surface area (Å²) >= 11 is 0. The smallest absolute Gasteiger partial charge is 0.157 e. The second kappa shape index (κ2) is 7.18. The first kappa shape index (κ1) is 20.7. The van der Waals surface area contributed by atoms with E-state index in [0.717, 1.165) is 48.5 Å². The molecule has 0 aliphatic heterocycles. The summed E-state index contributed by atoms with van der Waals surface area (Å²) in [5, 5.41) is 15.0. The van der Waals surface area contributed by atoms with Crippen LogP contribution in [-0.4, -0.2) is 26.3 Å². The Hall–Kier alpha value is -1.16. The van der Waals surface area contributed by atoms with Crippen molar-refractivity contribution in [2.24, 2.45) is 46.8 Å². The minimum atomic E-state index is -0.444. The summed E-state index contributed by atoms with van der Waals surface area (Å²) in [6.07, 6.45) is 13.2. The SMILES string of the molecule is Cc1cnn(CC(=O)[C@H]2C[C@@H](C)[C@H]3[C@@H]4CC[C@@H]5C[C@](C)(O)CC[C@@H]5[C@H]4CC[C@@]32C)c1. The van der Waals surface area contributed by atoms with E-state index in [4.69, 9.17) is 0 Å². The summed E-state index contributed by atoms with van der Waals surface area (Å²) in [5.74, 6) is 5.05. The van der Waals surface area contributed by atoms with E-state index in [0.29, 0.717) is 24.2 Å². The molecule has 4 heteroatoms. The van der Waals surface area contributed by atoms with Crippen LogP contribution in [0.2, 0.25) is 0 Å². The van der Waals surface area contributed by atoms with Gasteiger partial charge in [0.1, 0.15) is 0 Å². The highest BCUT2D eigenvalue weighted by molar-refractivity contribution is 5.82.